The molecule has 0 spiro atoms. The van der Waals surface area contributed by atoms with Crippen molar-refractivity contribution in [2.75, 3.05) is 0 Å². The fourth-order valence-electron chi connectivity index (χ4n) is 1.89. The lowest BCUT2D eigenvalue weighted by Crippen LogP contribution is -2.20. The van der Waals surface area contributed by atoms with Gasteiger partial charge in [-0.15, -0.1) is 0 Å². The van der Waals surface area contributed by atoms with E-state index >= 15 is 0 Å². The molecule has 0 amide bonds. The molecule has 0 saturated heterocycles. The van der Waals surface area contributed by atoms with Crippen LogP contribution in [0.3, 0.4) is 0 Å². The van der Waals surface area contributed by atoms with Gasteiger partial charge in [-0.2, -0.15) is 0 Å². The van der Waals surface area contributed by atoms with Crippen LogP contribution in [0.15, 0.2) is 30.3 Å². The van der Waals surface area contributed by atoms with Gasteiger partial charge in [0.15, 0.2) is 5.78 Å². The van der Waals surface area contributed by atoms with E-state index in [4.69, 9.17) is 0 Å². The van der Waals surface area contributed by atoms with E-state index in [1.807, 2.05) is 30.3 Å². The molecule has 1 aromatic carbocycles. The van der Waals surface area contributed by atoms with Gasteiger partial charge in [0.05, 0.1) is 0 Å². The number of hydrogen-bond acceptors (Lipinski definition) is 1. The zero-order valence-electron chi connectivity index (χ0n) is 9.86. The van der Waals surface area contributed by atoms with Crippen LogP contribution in [0.25, 0.3) is 0 Å². The Morgan fingerprint density at radius 3 is 2.27 bits per heavy atom. The Labute approximate surface area is 92.5 Å². The normalized spacial score (nSPS) is 12.8. The molecule has 15 heavy (non-hydrogen) atoms. The minimum absolute atomic E-state index is 0.178. The van der Waals surface area contributed by atoms with E-state index in [9.17, 15) is 4.79 Å². The number of carbonyl (C=O) groups is 1. The minimum atomic E-state index is 0.178. The van der Waals surface area contributed by atoms with E-state index in [0.29, 0.717) is 11.7 Å². The lowest BCUT2D eigenvalue weighted by atomic mass is 9.85. The Morgan fingerprint density at radius 1 is 1.20 bits per heavy atom. The highest BCUT2D eigenvalue weighted by atomic mass is 16.1. The zero-order chi connectivity index (χ0) is 11.3. The van der Waals surface area contributed by atoms with Crippen molar-refractivity contribution in [3.63, 3.8) is 0 Å². The molecule has 1 aromatic rings. The van der Waals surface area contributed by atoms with Crippen molar-refractivity contribution >= 4 is 5.78 Å². The van der Waals surface area contributed by atoms with Gasteiger partial charge in [-0.3, -0.25) is 4.79 Å². The lowest BCUT2D eigenvalue weighted by molar-refractivity contribution is 0.0876. The summed E-state index contributed by atoms with van der Waals surface area (Å²) in [4.78, 5) is 12.2. The molecule has 0 N–H and O–H groups in total. The van der Waals surface area contributed by atoms with Crippen LogP contribution >= 0.6 is 0 Å². The largest absolute Gasteiger partial charge is 0.294 e. The summed E-state index contributed by atoms with van der Waals surface area (Å²) in [6, 6.07) is 9.62. The molecule has 1 rings (SSSR count). The van der Waals surface area contributed by atoms with E-state index in [0.717, 1.165) is 18.4 Å². The smallest absolute Gasteiger partial charge is 0.166 e. The van der Waals surface area contributed by atoms with Crippen LogP contribution in [0.1, 0.15) is 44.0 Å². The molecular weight excluding hydrogens is 184 g/mol. The van der Waals surface area contributed by atoms with Crippen LogP contribution in [0.4, 0.5) is 0 Å². The molecule has 0 aliphatic rings. The molecule has 0 fully saturated rings. The number of hydrogen-bond donors (Lipinski definition) is 0. The molecule has 1 nitrogen and oxygen atoms in total. The van der Waals surface area contributed by atoms with Gasteiger partial charge in [0, 0.05) is 11.5 Å². The number of carbonyl (C=O) groups excluding carboxylic acids is 1. The van der Waals surface area contributed by atoms with Crippen LogP contribution in [-0.2, 0) is 0 Å². The third-order valence-corrected chi connectivity index (χ3v) is 2.80. The van der Waals surface area contributed by atoms with E-state index in [1.165, 1.54) is 0 Å². The Morgan fingerprint density at radius 2 is 1.80 bits per heavy atom. The van der Waals surface area contributed by atoms with Crippen molar-refractivity contribution in [1.29, 1.82) is 0 Å². The maximum Gasteiger partial charge on any atom is 0.166 e. The standard InChI is InChI=1S/C14H20O/c1-4-8-13(11(2)3)14(15)12-9-6-5-7-10-12/h5-7,9-11,13H,4,8H2,1-3H3. The molecule has 0 bridgehead atoms. The molecule has 0 radical (unpaired) electrons. The second kappa shape index (κ2) is 5.69. The highest BCUT2D eigenvalue weighted by molar-refractivity contribution is 5.97. The first kappa shape index (κ1) is 12.0. The molecule has 0 aliphatic heterocycles. The van der Waals surface area contributed by atoms with E-state index in [1.54, 1.807) is 0 Å². The number of ketones is 1. The van der Waals surface area contributed by atoms with Gasteiger partial charge in [0.1, 0.15) is 0 Å². The SMILES string of the molecule is CCCC(C(=O)c1ccccc1)C(C)C. The van der Waals surface area contributed by atoms with Gasteiger partial charge >= 0.3 is 0 Å². The fraction of sp³-hybridized carbons (Fsp3) is 0.500. The van der Waals surface area contributed by atoms with Crippen molar-refractivity contribution in [2.24, 2.45) is 11.8 Å². The second-order valence-electron chi connectivity index (χ2n) is 4.37. The summed E-state index contributed by atoms with van der Waals surface area (Å²) in [6.07, 6.45) is 2.06. The van der Waals surface area contributed by atoms with Gasteiger partial charge in [0.2, 0.25) is 0 Å². The molecule has 82 valence electrons. The Bertz CT molecular complexity index is 300. The topological polar surface area (TPSA) is 17.1 Å². The Hall–Kier alpha value is -1.11. The molecular formula is C14H20O. The first-order valence-electron chi connectivity index (χ1n) is 5.76. The van der Waals surface area contributed by atoms with Gasteiger partial charge in [-0.1, -0.05) is 57.5 Å². The third kappa shape index (κ3) is 3.19. The van der Waals surface area contributed by atoms with Gasteiger partial charge in [-0.05, 0) is 12.3 Å². The van der Waals surface area contributed by atoms with Gasteiger partial charge in [0.25, 0.3) is 0 Å². The first-order chi connectivity index (χ1) is 7.16. The quantitative estimate of drug-likeness (QED) is 0.664. The van der Waals surface area contributed by atoms with Crippen LogP contribution in [0.5, 0.6) is 0 Å². The van der Waals surface area contributed by atoms with Crippen LogP contribution in [-0.4, -0.2) is 5.78 Å². The summed E-state index contributed by atoms with van der Waals surface area (Å²) in [7, 11) is 0. The number of Topliss-reactive ketones (excluding diaryl/α,β-unsaturated/α-hetero) is 1. The maximum absolute atomic E-state index is 12.2. The zero-order valence-corrected chi connectivity index (χ0v) is 9.86. The molecule has 0 saturated carbocycles. The minimum Gasteiger partial charge on any atom is -0.294 e. The maximum atomic E-state index is 12.2. The fourth-order valence-corrected chi connectivity index (χ4v) is 1.89. The van der Waals surface area contributed by atoms with Crippen LogP contribution in [0, 0.1) is 11.8 Å². The van der Waals surface area contributed by atoms with E-state index < -0.39 is 0 Å². The van der Waals surface area contributed by atoms with Crippen LogP contribution in [0.2, 0.25) is 0 Å². The average molecular weight is 204 g/mol. The van der Waals surface area contributed by atoms with Crippen molar-refractivity contribution < 1.29 is 4.79 Å². The highest BCUT2D eigenvalue weighted by Gasteiger charge is 2.21. The first-order valence-corrected chi connectivity index (χ1v) is 5.76. The summed E-state index contributed by atoms with van der Waals surface area (Å²) >= 11 is 0. The number of rotatable bonds is 5. The van der Waals surface area contributed by atoms with Crippen molar-refractivity contribution in [3.8, 4) is 0 Å². The molecule has 1 unspecified atom stereocenters. The molecule has 0 heterocycles. The van der Waals surface area contributed by atoms with Crippen molar-refractivity contribution in [2.45, 2.75) is 33.6 Å². The summed E-state index contributed by atoms with van der Waals surface area (Å²) in [6.45, 7) is 6.38. The lowest BCUT2D eigenvalue weighted by Gasteiger charge is -2.18. The predicted octanol–water partition coefficient (Wildman–Crippen LogP) is 3.94. The summed E-state index contributed by atoms with van der Waals surface area (Å²) in [5.41, 5.74) is 0.852. The molecule has 1 atom stereocenters. The molecule has 0 aromatic heterocycles. The number of benzene rings is 1. The summed E-state index contributed by atoms with van der Waals surface area (Å²) in [5, 5.41) is 0. The monoisotopic (exact) mass is 204 g/mol. The van der Waals surface area contributed by atoms with Crippen LogP contribution < -0.4 is 0 Å². The molecule has 0 aliphatic carbocycles. The van der Waals surface area contributed by atoms with E-state index in [-0.39, 0.29) is 5.92 Å². The van der Waals surface area contributed by atoms with Gasteiger partial charge in [-0.25, -0.2) is 0 Å². The van der Waals surface area contributed by atoms with Crippen molar-refractivity contribution in [1.82, 2.24) is 0 Å². The predicted molar refractivity (Wildman–Crippen MR) is 64.0 cm³/mol. The van der Waals surface area contributed by atoms with Crippen molar-refractivity contribution in [3.05, 3.63) is 35.9 Å². The van der Waals surface area contributed by atoms with Gasteiger partial charge < -0.3 is 0 Å². The second-order valence-corrected chi connectivity index (χ2v) is 4.37. The Balaban J connectivity index is 2.81. The molecule has 1 heteroatoms. The average Bonchev–Trinajstić information content (AvgIpc) is 2.26. The Kier molecular flexibility index (Phi) is 4.54. The third-order valence-electron chi connectivity index (χ3n) is 2.80. The van der Waals surface area contributed by atoms with E-state index in [2.05, 4.69) is 20.8 Å². The summed E-state index contributed by atoms with van der Waals surface area (Å²) in [5.74, 6) is 0.905. The summed E-state index contributed by atoms with van der Waals surface area (Å²) < 4.78 is 0. The highest BCUT2D eigenvalue weighted by Crippen LogP contribution is 2.22.